The number of piperazine rings is 1. The Morgan fingerprint density at radius 1 is 0.808 bits per heavy atom. The zero-order valence-corrected chi connectivity index (χ0v) is 15.6. The molecule has 26 heavy (non-hydrogen) atoms. The van der Waals surface area contributed by atoms with Gasteiger partial charge in [-0.2, -0.15) is 0 Å². The molecule has 1 aliphatic rings. The minimum Gasteiger partial charge on any atom is -0.378 e. The third kappa shape index (κ3) is 3.72. The van der Waals surface area contributed by atoms with Gasteiger partial charge in [-0.15, -0.1) is 0 Å². The first-order valence-electron chi connectivity index (χ1n) is 8.89. The minimum atomic E-state index is 0.0262. The maximum absolute atomic E-state index is 12.7. The molecule has 0 radical (unpaired) electrons. The molecule has 0 spiro atoms. The van der Waals surface area contributed by atoms with Gasteiger partial charge in [-0.25, -0.2) is 0 Å². The topological polar surface area (TPSA) is 43.9 Å². The number of anilines is 1. The molecule has 2 aromatic rings. The Kier molecular flexibility index (Phi) is 5.26. The summed E-state index contributed by atoms with van der Waals surface area (Å²) >= 11 is 0. The van der Waals surface area contributed by atoms with E-state index in [1.165, 1.54) is 0 Å². The Morgan fingerprint density at radius 2 is 1.35 bits per heavy atom. The van der Waals surface area contributed by atoms with Crippen LogP contribution >= 0.6 is 0 Å². The molecule has 0 aromatic heterocycles. The Morgan fingerprint density at radius 3 is 1.88 bits per heavy atom. The van der Waals surface area contributed by atoms with E-state index in [0.717, 1.165) is 16.8 Å². The zero-order chi connectivity index (χ0) is 18.7. The van der Waals surface area contributed by atoms with E-state index in [4.69, 9.17) is 0 Å². The maximum Gasteiger partial charge on any atom is 0.254 e. The second-order valence-electron chi connectivity index (χ2n) is 6.84. The minimum absolute atomic E-state index is 0.0262. The lowest BCUT2D eigenvalue weighted by molar-refractivity contribution is 0.0535. The Bertz CT molecular complexity index is 791. The molecule has 1 aliphatic heterocycles. The average molecular weight is 351 g/mol. The molecule has 0 aliphatic carbocycles. The third-order valence-electron chi connectivity index (χ3n) is 4.86. The summed E-state index contributed by atoms with van der Waals surface area (Å²) in [5, 5.41) is 0. The second kappa shape index (κ2) is 7.60. The number of aryl methyl sites for hydroxylation is 1. The van der Waals surface area contributed by atoms with Gasteiger partial charge in [-0.05, 0) is 42.8 Å². The SMILES string of the molecule is Cc1ccccc1C(=O)N1CCN(C(=O)c2ccc(N(C)C)cc2)CC1. The van der Waals surface area contributed by atoms with E-state index in [1.807, 2.05) is 84.2 Å². The summed E-state index contributed by atoms with van der Waals surface area (Å²) in [5.74, 6) is 0.0730. The molecular weight excluding hydrogens is 326 g/mol. The van der Waals surface area contributed by atoms with E-state index >= 15 is 0 Å². The fraction of sp³-hybridized carbons (Fsp3) is 0.333. The average Bonchev–Trinajstić information content (AvgIpc) is 2.67. The first-order chi connectivity index (χ1) is 12.5. The Balaban J connectivity index is 1.62. The monoisotopic (exact) mass is 351 g/mol. The van der Waals surface area contributed by atoms with E-state index in [-0.39, 0.29) is 11.8 Å². The van der Waals surface area contributed by atoms with Crippen molar-refractivity contribution in [1.29, 1.82) is 0 Å². The molecule has 5 heteroatoms. The van der Waals surface area contributed by atoms with Gasteiger partial charge in [-0.3, -0.25) is 9.59 Å². The summed E-state index contributed by atoms with van der Waals surface area (Å²) in [7, 11) is 3.95. The van der Waals surface area contributed by atoms with Gasteiger partial charge in [0, 0.05) is 57.1 Å². The van der Waals surface area contributed by atoms with Gasteiger partial charge in [0.15, 0.2) is 0 Å². The van der Waals surface area contributed by atoms with Crippen LogP contribution in [0.15, 0.2) is 48.5 Å². The lowest BCUT2D eigenvalue weighted by atomic mass is 10.1. The van der Waals surface area contributed by atoms with Crippen LogP contribution in [0.2, 0.25) is 0 Å². The first kappa shape index (κ1) is 18.0. The first-order valence-corrected chi connectivity index (χ1v) is 8.89. The standard InChI is InChI=1S/C21H25N3O2/c1-16-6-4-5-7-19(16)21(26)24-14-12-23(13-15-24)20(25)17-8-10-18(11-9-17)22(2)3/h4-11H,12-15H2,1-3H3. The van der Waals surface area contributed by atoms with Gasteiger partial charge in [0.2, 0.25) is 0 Å². The molecule has 0 unspecified atom stereocenters. The van der Waals surface area contributed by atoms with Crippen molar-refractivity contribution in [2.75, 3.05) is 45.2 Å². The molecular formula is C21H25N3O2. The van der Waals surface area contributed by atoms with Gasteiger partial charge in [0.05, 0.1) is 0 Å². The van der Waals surface area contributed by atoms with Crippen molar-refractivity contribution < 1.29 is 9.59 Å². The van der Waals surface area contributed by atoms with Crippen LogP contribution in [0.1, 0.15) is 26.3 Å². The highest BCUT2D eigenvalue weighted by Gasteiger charge is 2.26. The summed E-state index contributed by atoms with van der Waals surface area (Å²) in [6, 6.07) is 15.3. The molecule has 1 heterocycles. The van der Waals surface area contributed by atoms with Crippen molar-refractivity contribution in [1.82, 2.24) is 9.80 Å². The van der Waals surface area contributed by atoms with Crippen molar-refractivity contribution in [3.05, 3.63) is 65.2 Å². The molecule has 1 fully saturated rings. The number of nitrogens with zero attached hydrogens (tertiary/aromatic N) is 3. The fourth-order valence-electron chi connectivity index (χ4n) is 3.18. The van der Waals surface area contributed by atoms with Crippen LogP contribution < -0.4 is 4.90 Å². The van der Waals surface area contributed by atoms with E-state index in [0.29, 0.717) is 31.7 Å². The largest absolute Gasteiger partial charge is 0.378 e. The molecule has 2 aromatic carbocycles. The predicted molar refractivity (Wildman–Crippen MR) is 104 cm³/mol. The number of hydrogen-bond donors (Lipinski definition) is 0. The van der Waals surface area contributed by atoms with Crippen LogP contribution in [-0.4, -0.2) is 61.9 Å². The van der Waals surface area contributed by atoms with Crippen LogP contribution in [0.3, 0.4) is 0 Å². The summed E-state index contributed by atoms with van der Waals surface area (Å²) in [4.78, 5) is 31.0. The van der Waals surface area contributed by atoms with Gasteiger partial charge >= 0.3 is 0 Å². The number of hydrogen-bond acceptors (Lipinski definition) is 3. The molecule has 0 saturated carbocycles. The third-order valence-corrected chi connectivity index (χ3v) is 4.86. The maximum atomic E-state index is 12.7. The summed E-state index contributed by atoms with van der Waals surface area (Å²) in [5.41, 5.74) is 3.48. The van der Waals surface area contributed by atoms with E-state index in [9.17, 15) is 9.59 Å². The van der Waals surface area contributed by atoms with Gasteiger partial charge < -0.3 is 14.7 Å². The lowest BCUT2D eigenvalue weighted by Crippen LogP contribution is -2.50. The van der Waals surface area contributed by atoms with Crippen LogP contribution in [0.25, 0.3) is 0 Å². The highest BCUT2D eigenvalue weighted by atomic mass is 16.2. The van der Waals surface area contributed by atoms with Crippen molar-refractivity contribution in [3.8, 4) is 0 Å². The molecule has 0 N–H and O–H groups in total. The zero-order valence-electron chi connectivity index (χ0n) is 15.6. The smallest absolute Gasteiger partial charge is 0.254 e. The van der Waals surface area contributed by atoms with Crippen molar-refractivity contribution in [2.24, 2.45) is 0 Å². The van der Waals surface area contributed by atoms with Crippen LogP contribution in [0.5, 0.6) is 0 Å². The van der Waals surface area contributed by atoms with Gasteiger partial charge in [-0.1, -0.05) is 18.2 Å². The highest BCUT2D eigenvalue weighted by Crippen LogP contribution is 2.16. The Hall–Kier alpha value is -2.82. The second-order valence-corrected chi connectivity index (χ2v) is 6.84. The number of carbonyl (C=O) groups excluding carboxylic acids is 2. The molecule has 0 atom stereocenters. The number of rotatable bonds is 3. The van der Waals surface area contributed by atoms with Crippen LogP contribution in [0.4, 0.5) is 5.69 Å². The quantitative estimate of drug-likeness (QED) is 0.854. The van der Waals surface area contributed by atoms with E-state index in [1.54, 1.807) is 0 Å². The normalized spacial score (nSPS) is 14.3. The van der Waals surface area contributed by atoms with Crippen LogP contribution in [0, 0.1) is 6.92 Å². The molecule has 2 amide bonds. The molecule has 1 saturated heterocycles. The van der Waals surface area contributed by atoms with Crippen molar-refractivity contribution in [3.63, 3.8) is 0 Å². The fourth-order valence-corrected chi connectivity index (χ4v) is 3.18. The lowest BCUT2D eigenvalue weighted by Gasteiger charge is -2.35. The number of benzene rings is 2. The molecule has 3 rings (SSSR count). The summed E-state index contributed by atoms with van der Waals surface area (Å²) in [6.07, 6.45) is 0. The van der Waals surface area contributed by atoms with E-state index < -0.39 is 0 Å². The Labute approximate surface area is 154 Å². The molecule has 136 valence electrons. The van der Waals surface area contributed by atoms with Gasteiger partial charge in [0.1, 0.15) is 0 Å². The highest BCUT2D eigenvalue weighted by molar-refractivity contribution is 5.97. The number of amides is 2. The molecule has 5 nitrogen and oxygen atoms in total. The van der Waals surface area contributed by atoms with Crippen molar-refractivity contribution >= 4 is 17.5 Å². The molecule has 0 bridgehead atoms. The summed E-state index contributed by atoms with van der Waals surface area (Å²) in [6.45, 7) is 4.20. The van der Waals surface area contributed by atoms with Crippen molar-refractivity contribution in [2.45, 2.75) is 6.92 Å². The number of carbonyl (C=O) groups is 2. The predicted octanol–water partition coefficient (Wildman–Crippen LogP) is 2.66. The summed E-state index contributed by atoms with van der Waals surface area (Å²) < 4.78 is 0. The van der Waals surface area contributed by atoms with E-state index in [2.05, 4.69) is 0 Å². The van der Waals surface area contributed by atoms with Crippen LogP contribution in [-0.2, 0) is 0 Å². The van der Waals surface area contributed by atoms with Gasteiger partial charge in [0.25, 0.3) is 11.8 Å².